The highest BCUT2D eigenvalue weighted by atomic mass is 16.6. The van der Waals surface area contributed by atoms with E-state index < -0.39 is 5.60 Å². The monoisotopic (exact) mass is 288 g/mol. The molecular formula is C16H32O4. The maximum atomic E-state index is 9.62. The number of hydrogen-bond donors (Lipinski definition) is 1. The van der Waals surface area contributed by atoms with Gasteiger partial charge in [0, 0.05) is 7.11 Å². The average Bonchev–Trinajstić information content (AvgIpc) is 2.86. The zero-order valence-corrected chi connectivity index (χ0v) is 13.4. The van der Waals surface area contributed by atoms with E-state index in [0.29, 0.717) is 13.2 Å². The SMILES string of the molecule is CCCCCCC(C)OCC1(CO)CCC(COC)O1. The zero-order valence-electron chi connectivity index (χ0n) is 13.4. The predicted octanol–water partition coefficient (Wildman–Crippen LogP) is 2.92. The van der Waals surface area contributed by atoms with Crippen LogP contribution in [0.3, 0.4) is 0 Å². The molecule has 4 heteroatoms. The van der Waals surface area contributed by atoms with Gasteiger partial charge in [0.1, 0.15) is 5.60 Å². The maximum absolute atomic E-state index is 9.62. The van der Waals surface area contributed by atoms with Gasteiger partial charge in [-0.3, -0.25) is 0 Å². The first-order valence-electron chi connectivity index (χ1n) is 8.05. The van der Waals surface area contributed by atoms with Gasteiger partial charge in [0.2, 0.25) is 0 Å². The topological polar surface area (TPSA) is 47.9 Å². The van der Waals surface area contributed by atoms with E-state index in [9.17, 15) is 5.11 Å². The number of methoxy groups -OCH3 is 1. The minimum atomic E-state index is -0.513. The van der Waals surface area contributed by atoms with Gasteiger partial charge in [0.25, 0.3) is 0 Å². The van der Waals surface area contributed by atoms with E-state index in [1.165, 1.54) is 25.7 Å². The summed E-state index contributed by atoms with van der Waals surface area (Å²) in [6.07, 6.45) is 8.25. The minimum Gasteiger partial charge on any atom is -0.393 e. The molecule has 1 saturated heterocycles. The Balaban J connectivity index is 2.24. The van der Waals surface area contributed by atoms with Crippen molar-refractivity contribution in [1.82, 2.24) is 0 Å². The molecule has 1 aliphatic rings. The lowest BCUT2D eigenvalue weighted by Crippen LogP contribution is -2.40. The Bertz CT molecular complexity index is 247. The van der Waals surface area contributed by atoms with Crippen LogP contribution in [0.15, 0.2) is 0 Å². The normalized spacial score (nSPS) is 27.9. The quantitative estimate of drug-likeness (QED) is 0.594. The molecule has 1 heterocycles. The van der Waals surface area contributed by atoms with Crippen molar-refractivity contribution in [3.8, 4) is 0 Å². The Morgan fingerprint density at radius 1 is 1.35 bits per heavy atom. The Morgan fingerprint density at radius 3 is 2.80 bits per heavy atom. The molecular weight excluding hydrogens is 256 g/mol. The van der Waals surface area contributed by atoms with Crippen LogP contribution >= 0.6 is 0 Å². The summed E-state index contributed by atoms with van der Waals surface area (Å²) in [5.41, 5.74) is -0.513. The molecule has 0 saturated carbocycles. The Hall–Kier alpha value is -0.160. The first kappa shape index (κ1) is 17.9. The molecule has 0 aromatic heterocycles. The average molecular weight is 288 g/mol. The van der Waals surface area contributed by atoms with Crippen molar-refractivity contribution in [3.05, 3.63) is 0 Å². The summed E-state index contributed by atoms with van der Waals surface area (Å²) in [5, 5.41) is 9.62. The second-order valence-corrected chi connectivity index (χ2v) is 6.05. The van der Waals surface area contributed by atoms with Crippen molar-refractivity contribution in [3.63, 3.8) is 0 Å². The van der Waals surface area contributed by atoms with Crippen LogP contribution in [0.1, 0.15) is 58.8 Å². The van der Waals surface area contributed by atoms with Gasteiger partial charge in [-0.2, -0.15) is 0 Å². The van der Waals surface area contributed by atoms with Gasteiger partial charge in [-0.05, 0) is 26.2 Å². The van der Waals surface area contributed by atoms with Crippen molar-refractivity contribution >= 4 is 0 Å². The molecule has 0 aromatic carbocycles. The fourth-order valence-corrected chi connectivity index (χ4v) is 2.70. The molecule has 0 aromatic rings. The Labute approximate surface area is 123 Å². The summed E-state index contributed by atoms with van der Waals surface area (Å²) in [6.45, 7) is 5.43. The lowest BCUT2D eigenvalue weighted by Gasteiger charge is -2.28. The van der Waals surface area contributed by atoms with E-state index in [1.807, 2.05) is 0 Å². The number of hydrogen-bond acceptors (Lipinski definition) is 4. The van der Waals surface area contributed by atoms with Crippen LogP contribution in [0.5, 0.6) is 0 Å². The van der Waals surface area contributed by atoms with Gasteiger partial charge >= 0.3 is 0 Å². The Kier molecular flexibility index (Phi) is 8.69. The lowest BCUT2D eigenvalue weighted by atomic mass is 10.0. The maximum Gasteiger partial charge on any atom is 0.115 e. The van der Waals surface area contributed by atoms with Crippen LogP contribution in [0.2, 0.25) is 0 Å². The first-order valence-corrected chi connectivity index (χ1v) is 8.05. The fraction of sp³-hybridized carbons (Fsp3) is 1.00. The third-order valence-corrected chi connectivity index (χ3v) is 4.07. The van der Waals surface area contributed by atoms with Gasteiger partial charge in [0.05, 0.1) is 32.0 Å². The summed E-state index contributed by atoms with van der Waals surface area (Å²) in [6, 6.07) is 0. The van der Waals surface area contributed by atoms with Gasteiger partial charge < -0.3 is 19.3 Å². The minimum absolute atomic E-state index is 0.0236. The molecule has 120 valence electrons. The number of ether oxygens (including phenoxy) is 3. The molecule has 0 radical (unpaired) electrons. The number of aliphatic hydroxyl groups is 1. The van der Waals surface area contributed by atoms with Crippen LogP contribution in [0.25, 0.3) is 0 Å². The standard InChI is InChI=1S/C16H32O4/c1-4-5-6-7-8-14(2)19-13-16(12-17)10-9-15(20-16)11-18-3/h14-15,17H,4-13H2,1-3H3. The number of unbranched alkanes of at least 4 members (excludes halogenated alkanes) is 3. The molecule has 0 bridgehead atoms. The number of rotatable bonds is 11. The first-order chi connectivity index (χ1) is 9.65. The van der Waals surface area contributed by atoms with Crippen LogP contribution < -0.4 is 0 Å². The molecule has 0 aliphatic carbocycles. The van der Waals surface area contributed by atoms with E-state index in [2.05, 4.69) is 13.8 Å². The van der Waals surface area contributed by atoms with Crippen molar-refractivity contribution < 1.29 is 19.3 Å². The van der Waals surface area contributed by atoms with Crippen LogP contribution in [0.4, 0.5) is 0 Å². The lowest BCUT2D eigenvalue weighted by molar-refractivity contribution is -0.136. The second kappa shape index (κ2) is 9.72. The van der Waals surface area contributed by atoms with Crippen molar-refractivity contribution in [1.29, 1.82) is 0 Å². The summed E-state index contributed by atoms with van der Waals surface area (Å²) in [7, 11) is 1.68. The molecule has 0 spiro atoms. The Morgan fingerprint density at radius 2 is 2.15 bits per heavy atom. The largest absolute Gasteiger partial charge is 0.393 e. The van der Waals surface area contributed by atoms with Crippen LogP contribution in [0, 0.1) is 0 Å². The van der Waals surface area contributed by atoms with Gasteiger partial charge in [0.15, 0.2) is 0 Å². The zero-order chi connectivity index (χ0) is 14.8. The third kappa shape index (κ3) is 6.08. The molecule has 1 fully saturated rings. The van der Waals surface area contributed by atoms with E-state index in [1.54, 1.807) is 7.11 Å². The fourth-order valence-electron chi connectivity index (χ4n) is 2.70. The van der Waals surface area contributed by atoms with Crippen LogP contribution in [-0.2, 0) is 14.2 Å². The van der Waals surface area contributed by atoms with E-state index in [0.717, 1.165) is 19.3 Å². The highest BCUT2D eigenvalue weighted by Crippen LogP contribution is 2.31. The summed E-state index contributed by atoms with van der Waals surface area (Å²) < 4.78 is 17.0. The van der Waals surface area contributed by atoms with E-state index in [-0.39, 0.29) is 18.8 Å². The smallest absolute Gasteiger partial charge is 0.115 e. The molecule has 3 unspecified atom stereocenters. The van der Waals surface area contributed by atoms with Crippen molar-refractivity contribution in [2.45, 2.75) is 76.6 Å². The highest BCUT2D eigenvalue weighted by molar-refractivity contribution is 4.88. The molecule has 3 atom stereocenters. The molecule has 1 rings (SSSR count). The molecule has 4 nitrogen and oxygen atoms in total. The summed E-state index contributed by atoms with van der Waals surface area (Å²) in [4.78, 5) is 0. The highest BCUT2D eigenvalue weighted by Gasteiger charge is 2.40. The molecule has 20 heavy (non-hydrogen) atoms. The van der Waals surface area contributed by atoms with E-state index >= 15 is 0 Å². The predicted molar refractivity (Wildman–Crippen MR) is 80.0 cm³/mol. The summed E-state index contributed by atoms with van der Waals surface area (Å²) in [5.74, 6) is 0. The molecule has 1 aliphatic heterocycles. The molecule has 1 N–H and O–H groups in total. The molecule has 0 amide bonds. The number of aliphatic hydroxyl groups excluding tert-OH is 1. The van der Waals surface area contributed by atoms with Gasteiger partial charge in [-0.25, -0.2) is 0 Å². The van der Waals surface area contributed by atoms with Crippen molar-refractivity contribution in [2.75, 3.05) is 26.9 Å². The van der Waals surface area contributed by atoms with E-state index in [4.69, 9.17) is 14.2 Å². The van der Waals surface area contributed by atoms with Gasteiger partial charge in [-0.15, -0.1) is 0 Å². The van der Waals surface area contributed by atoms with Crippen LogP contribution in [-0.4, -0.2) is 49.8 Å². The third-order valence-electron chi connectivity index (χ3n) is 4.07. The second-order valence-electron chi connectivity index (χ2n) is 6.05. The van der Waals surface area contributed by atoms with Crippen molar-refractivity contribution in [2.24, 2.45) is 0 Å². The summed E-state index contributed by atoms with van der Waals surface area (Å²) >= 11 is 0. The van der Waals surface area contributed by atoms with Gasteiger partial charge in [-0.1, -0.05) is 32.6 Å².